The Balaban J connectivity index is 0.000000181. The Morgan fingerprint density at radius 1 is 0.778 bits per heavy atom. The molecule has 24 heteroatoms. The quantitative estimate of drug-likeness (QED) is 0.0499. The highest BCUT2D eigenvalue weighted by Gasteiger charge is 2.16. The number of hydrogen-bond acceptors (Lipinski definition) is 13. The summed E-state index contributed by atoms with van der Waals surface area (Å²) in [5.74, 6) is 0. The van der Waals surface area contributed by atoms with Crippen molar-refractivity contribution in [2.24, 2.45) is 0 Å². The molecule has 284 valence electrons. The Hall–Kier alpha value is -3.87. The van der Waals surface area contributed by atoms with Crippen LogP contribution in [0.15, 0.2) is 81.0 Å². The van der Waals surface area contributed by atoms with Gasteiger partial charge in [-0.3, -0.25) is 20.2 Å². The summed E-state index contributed by atoms with van der Waals surface area (Å²) in [6.07, 6.45) is 21.0. The fourth-order valence-corrected chi connectivity index (χ4v) is 4.63. The van der Waals surface area contributed by atoms with Gasteiger partial charge in [0.1, 0.15) is 53.0 Å². The van der Waals surface area contributed by atoms with Crippen LogP contribution in [-0.4, -0.2) is 74.7 Å². The summed E-state index contributed by atoms with van der Waals surface area (Å²) in [5.41, 5.74) is 9.14. The van der Waals surface area contributed by atoms with Crippen LogP contribution in [0.4, 0.5) is 17.1 Å². The first-order valence-electron chi connectivity index (χ1n) is 15.4. The summed E-state index contributed by atoms with van der Waals surface area (Å²) in [5, 5.41) is 23.8. The molecule has 8 aromatic rings. The van der Waals surface area contributed by atoms with E-state index in [2.05, 4.69) is 150 Å². The first kappa shape index (κ1) is 44.5. The fraction of sp³-hybridized carbons (Fsp3) is 0.200. The second-order valence-corrected chi connectivity index (χ2v) is 17.8. The van der Waals surface area contributed by atoms with Gasteiger partial charge >= 0.3 is 0 Å². The number of nitrogens with one attached hydrogen (secondary N) is 2. The van der Waals surface area contributed by atoms with Crippen LogP contribution in [0.1, 0.15) is 26.7 Å². The Bertz CT molecular complexity index is 2320. The topological polar surface area (TPSA) is 257 Å². The zero-order chi connectivity index (χ0) is 39.6. The van der Waals surface area contributed by atoms with Gasteiger partial charge in [-0.2, -0.15) is 0 Å². The van der Waals surface area contributed by atoms with Crippen LogP contribution in [0.25, 0.3) is 44.1 Å². The predicted molar refractivity (Wildman–Crippen MR) is 242 cm³/mol. The molecule has 4 N–H and O–H groups in total. The lowest BCUT2D eigenvalue weighted by Gasteiger charge is -1.90. The summed E-state index contributed by atoms with van der Waals surface area (Å²) in [4.78, 5) is 56.6. The average molecular weight is 1110 g/mol. The number of H-pyrrole nitrogens is 2. The lowest BCUT2D eigenvalue weighted by Crippen LogP contribution is -1.85. The number of halogens is 3. The van der Waals surface area contributed by atoms with Gasteiger partial charge in [0, 0.05) is 42.6 Å². The number of anilines is 1. The molecule has 0 amide bonds. The molecule has 0 saturated heterocycles. The molecule has 19 nitrogen and oxygen atoms in total. The first-order chi connectivity index (χ1) is 25.9. The summed E-state index contributed by atoms with van der Waals surface area (Å²) < 4.78 is 5.43. The minimum absolute atomic E-state index is 0.00519. The summed E-state index contributed by atoms with van der Waals surface area (Å²) >= 11 is 7.14. The SMILES string of the molecule is CCC(I)I.CCCI.Nc1cn(P)c2ncncc12.O=[N+]([O-])c1c[nH]c2ncncc12.O=[N+]([O-])c1cn(P)c2ncncc12.c1ncc2cc[nH]c2n1. The molecule has 8 heterocycles. The van der Waals surface area contributed by atoms with E-state index in [1.165, 1.54) is 71.7 Å². The van der Waals surface area contributed by atoms with Crippen molar-refractivity contribution in [2.45, 2.75) is 28.6 Å². The summed E-state index contributed by atoms with van der Waals surface area (Å²) in [6, 6.07) is 1.94. The van der Waals surface area contributed by atoms with Crippen LogP contribution in [-0.2, 0) is 0 Å². The molecule has 0 spiro atoms. The minimum Gasteiger partial charge on any atom is -0.397 e. The average Bonchev–Trinajstić information content (AvgIpc) is 3.98. The molecule has 2 unspecified atom stereocenters. The summed E-state index contributed by atoms with van der Waals surface area (Å²) in [6.45, 7) is 4.36. The van der Waals surface area contributed by atoms with Gasteiger partial charge in [-0.05, 0) is 42.1 Å². The maximum Gasteiger partial charge on any atom is 0.298 e. The van der Waals surface area contributed by atoms with Gasteiger partial charge in [0.25, 0.3) is 11.4 Å². The Kier molecular flexibility index (Phi) is 19.1. The molecule has 0 aliphatic rings. The third-order valence-electron chi connectivity index (χ3n) is 6.45. The number of nitrogens with zero attached hydrogens (tertiary/aromatic N) is 12. The Morgan fingerprint density at radius 3 is 1.81 bits per heavy atom. The smallest absolute Gasteiger partial charge is 0.298 e. The number of nitro groups is 2. The van der Waals surface area contributed by atoms with Crippen LogP contribution >= 0.6 is 86.6 Å². The van der Waals surface area contributed by atoms with Crippen molar-refractivity contribution in [1.82, 2.24) is 58.5 Å². The minimum atomic E-state index is -0.470. The van der Waals surface area contributed by atoms with Crippen molar-refractivity contribution in [2.75, 3.05) is 10.2 Å². The molecule has 0 aliphatic heterocycles. The molecule has 0 fully saturated rings. The van der Waals surface area contributed by atoms with Crippen LogP contribution in [0.2, 0.25) is 0 Å². The number of nitrogens with two attached hydrogens (primary N) is 1. The van der Waals surface area contributed by atoms with E-state index in [4.69, 9.17) is 5.73 Å². The Labute approximate surface area is 353 Å². The van der Waals surface area contributed by atoms with Crippen LogP contribution in [0.5, 0.6) is 0 Å². The van der Waals surface area contributed by atoms with E-state index in [0.29, 0.717) is 27.8 Å². The Morgan fingerprint density at radius 2 is 1.28 bits per heavy atom. The number of aromatic nitrogens is 12. The zero-order valence-electron chi connectivity index (χ0n) is 28.6. The third-order valence-corrected chi connectivity index (χ3v) is 10.1. The second-order valence-electron chi connectivity index (χ2n) is 10.2. The maximum absolute atomic E-state index is 10.6. The third kappa shape index (κ3) is 13.2. The lowest BCUT2D eigenvalue weighted by molar-refractivity contribution is -0.383. The van der Waals surface area contributed by atoms with Crippen molar-refractivity contribution in [3.8, 4) is 0 Å². The molecule has 0 aliphatic carbocycles. The van der Waals surface area contributed by atoms with E-state index in [1.54, 1.807) is 22.9 Å². The van der Waals surface area contributed by atoms with Gasteiger partial charge in [0.05, 0.1) is 35.2 Å². The number of alkyl halides is 3. The van der Waals surface area contributed by atoms with E-state index < -0.39 is 9.85 Å². The van der Waals surface area contributed by atoms with Crippen LogP contribution in [0, 0.1) is 20.2 Å². The van der Waals surface area contributed by atoms with Crippen molar-refractivity contribution < 1.29 is 9.85 Å². The van der Waals surface area contributed by atoms with Crippen LogP contribution in [0.3, 0.4) is 0 Å². The molecule has 8 aromatic heterocycles. The highest BCUT2D eigenvalue weighted by Crippen LogP contribution is 2.26. The van der Waals surface area contributed by atoms with Gasteiger partial charge in [0.2, 0.25) is 0 Å². The first-order valence-corrected chi connectivity index (χ1v) is 20.5. The number of fused-ring (bicyclic) bond motifs is 4. The molecule has 0 aromatic carbocycles. The normalized spacial score (nSPS) is 10.1. The number of aromatic amines is 2. The van der Waals surface area contributed by atoms with Gasteiger partial charge < -0.3 is 24.4 Å². The van der Waals surface area contributed by atoms with Gasteiger partial charge in [-0.1, -0.05) is 81.6 Å². The molecule has 2 atom stereocenters. The molecule has 0 saturated carbocycles. The monoisotopic (exact) mass is 1110 g/mol. The second kappa shape index (κ2) is 23.1. The van der Waals surface area contributed by atoms with Crippen molar-refractivity contribution in [3.05, 3.63) is 101 Å². The summed E-state index contributed by atoms with van der Waals surface area (Å²) in [7, 11) is 4.84. The zero-order valence-corrected chi connectivity index (χ0v) is 37.4. The van der Waals surface area contributed by atoms with E-state index in [0.717, 1.165) is 24.0 Å². The van der Waals surface area contributed by atoms with Crippen molar-refractivity contribution in [3.63, 3.8) is 0 Å². The van der Waals surface area contributed by atoms with Crippen molar-refractivity contribution in [1.29, 1.82) is 0 Å². The van der Waals surface area contributed by atoms with E-state index >= 15 is 0 Å². The highest BCUT2D eigenvalue weighted by molar-refractivity contribution is 14.2. The predicted octanol–water partition coefficient (Wildman–Crippen LogP) is 7.88. The molecular weight excluding hydrogens is 1080 g/mol. The van der Waals surface area contributed by atoms with Gasteiger partial charge in [0.15, 0.2) is 5.65 Å². The number of nitrogen functional groups attached to an aromatic ring is 1. The standard InChI is InChI=1S/C6H5N4O2P.C6H4N4O2.C6H7N4P.C6H5N3.C3H6I2.C3H7I/c11-10(12)5-2-9(13)6-4(5)1-7-3-8-6;11-10(12)5-2-8-6-4(5)1-7-3-9-6;7-5-2-10(11)6-4(5)1-8-3-9-6;1-2-8-6-5(1)3-7-4-9-6;1-2-3(4)5;1-2-3-4/h1-3H,13H2;1-3H,(H,7,8,9);1-3H,7,11H2;1-4H,(H,7,8,9);3H,2H2,1H3;2-3H2,1H3. The fourth-order valence-electron chi connectivity index (χ4n) is 3.92. The van der Waals surface area contributed by atoms with E-state index in [-0.39, 0.29) is 11.4 Å². The largest absolute Gasteiger partial charge is 0.397 e. The molecule has 0 radical (unpaired) electrons. The molecule has 8 rings (SSSR count). The molecule has 54 heavy (non-hydrogen) atoms. The van der Waals surface area contributed by atoms with Crippen LogP contribution < -0.4 is 5.73 Å². The van der Waals surface area contributed by atoms with Gasteiger partial charge in [-0.15, -0.1) is 0 Å². The molecule has 0 bridgehead atoms. The number of rotatable bonds is 4. The van der Waals surface area contributed by atoms with E-state index in [1.807, 2.05) is 12.3 Å². The number of hydrogen-bond donors (Lipinski definition) is 3. The van der Waals surface area contributed by atoms with Crippen molar-refractivity contribution >= 4 is 148 Å². The lowest BCUT2D eigenvalue weighted by atomic mass is 10.4. The van der Waals surface area contributed by atoms with Gasteiger partial charge in [-0.25, -0.2) is 39.9 Å². The maximum atomic E-state index is 10.6. The highest BCUT2D eigenvalue weighted by atomic mass is 127. The molecular formula is C30H34I3N15O4P2. The van der Waals surface area contributed by atoms with E-state index in [9.17, 15) is 20.2 Å².